The van der Waals surface area contributed by atoms with Crippen LogP contribution < -0.4 is 9.47 Å². The molecule has 1 aromatic rings. The molecule has 5 unspecified atom stereocenters. The van der Waals surface area contributed by atoms with Crippen molar-refractivity contribution in [3.8, 4) is 11.5 Å². The highest BCUT2D eigenvalue weighted by molar-refractivity contribution is 7.85. The lowest BCUT2D eigenvalue weighted by Gasteiger charge is -2.42. The summed E-state index contributed by atoms with van der Waals surface area (Å²) in [6.45, 7) is 1.30. The van der Waals surface area contributed by atoms with Crippen molar-refractivity contribution in [1.29, 1.82) is 0 Å². The Morgan fingerprint density at radius 2 is 1.94 bits per heavy atom. The Balaban J connectivity index is 1.59. The van der Waals surface area contributed by atoms with Gasteiger partial charge in [0.25, 0.3) is 0 Å². The van der Waals surface area contributed by atoms with Crippen molar-refractivity contribution < 1.29 is 45.1 Å². The molecule has 3 aliphatic carbocycles. The number of ether oxygens (including phenoxy) is 3. The first-order valence-corrected chi connectivity index (χ1v) is 12.7. The number of carbonyl (C=O) groups excluding carboxylic acids is 1. The van der Waals surface area contributed by atoms with Gasteiger partial charge in [-0.05, 0) is 68.1 Å². The van der Waals surface area contributed by atoms with E-state index in [9.17, 15) is 30.9 Å². The van der Waals surface area contributed by atoms with Crippen LogP contribution in [-0.4, -0.2) is 43.3 Å². The van der Waals surface area contributed by atoms with Crippen molar-refractivity contribution in [2.75, 3.05) is 12.4 Å². The summed E-state index contributed by atoms with van der Waals surface area (Å²) in [7, 11) is -4.57. The quantitative estimate of drug-likeness (QED) is 0.395. The standard InChI is InChI=1S/C22H27F3O7S/c1-2-21(12-14-10-17(21)16-5-3-4-15(14)16)31-19-11-13(6-7-18(19)32-22(23,24)25)20(26)30-8-9-33(27,28)29/h6-7,11,14-17H,2-5,8-10,12H2,1H3,(H,27,28,29)/p-1. The zero-order valence-corrected chi connectivity index (χ0v) is 18.9. The van der Waals surface area contributed by atoms with Gasteiger partial charge in [0.15, 0.2) is 11.5 Å². The van der Waals surface area contributed by atoms with E-state index in [0.29, 0.717) is 24.2 Å². The minimum Gasteiger partial charge on any atom is -0.748 e. The molecule has 0 saturated heterocycles. The Kier molecular flexibility index (Phi) is 6.32. The van der Waals surface area contributed by atoms with Crippen LogP contribution in [0.3, 0.4) is 0 Å². The average Bonchev–Trinajstić information content (AvgIpc) is 3.39. The number of rotatable bonds is 8. The van der Waals surface area contributed by atoms with Crippen LogP contribution in [0.1, 0.15) is 55.8 Å². The number of hydrogen-bond acceptors (Lipinski definition) is 7. The summed E-state index contributed by atoms with van der Waals surface area (Å²) < 4.78 is 86.4. The zero-order valence-electron chi connectivity index (χ0n) is 18.1. The van der Waals surface area contributed by atoms with E-state index in [4.69, 9.17) is 9.47 Å². The van der Waals surface area contributed by atoms with Gasteiger partial charge in [-0.15, -0.1) is 13.2 Å². The molecule has 0 amide bonds. The lowest BCUT2D eigenvalue weighted by molar-refractivity contribution is -0.275. The molecular weight excluding hydrogens is 465 g/mol. The molecule has 1 aromatic carbocycles. The van der Waals surface area contributed by atoms with Crippen molar-refractivity contribution in [3.05, 3.63) is 23.8 Å². The lowest BCUT2D eigenvalue weighted by Crippen LogP contribution is -2.46. The molecule has 2 bridgehead atoms. The van der Waals surface area contributed by atoms with Crippen LogP contribution in [0.15, 0.2) is 18.2 Å². The molecule has 3 saturated carbocycles. The molecular formula is C22H26F3O7S-. The van der Waals surface area contributed by atoms with Crippen LogP contribution >= 0.6 is 0 Å². The van der Waals surface area contributed by atoms with Crippen LogP contribution in [0, 0.1) is 23.7 Å². The second-order valence-electron chi connectivity index (χ2n) is 9.19. The van der Waals surface area contributed by atoms with Gasteiger partial charge in [0, 0.05) is 5.92 Å². The van der Waals surface area contributed by atoms with E-state index < -0.39 is 46.2 Å². The number of hydrogen-bond donors (Lipinski definition) is 0. The normalized spacial score (nSPS) is 30.8. The van der Waals surface area contributed by atoms with Crippen LogP contribution in [0.2, 0.25) is 0 Å². The molecule has 0 aromatic heterocycles. The molecule has 0 N–H and O–H groups in total. The molecule has 5 atom stereocenters. The zero-order chi connectivity index (χ0) is 24.0. The highest BCUT2D eigenvalue weighted by Crippen LogP contribution is 2.64. The van der Waals surface area contributed by atoms with Gasteiger partial charge in [0.1, 0.15) is 12.2 Å². The smallest absolute Gasteiger partial charge is 0.573 e. The maximum absolute atomic E-state index is 13.0. The molecule has 33 heavy (non-hydrogen) atoms. The van der Waals surface area contributed by atoms with Gasteiger partial charge in [-0.3, -0.25) is 0 Å². The third-order valence-electron chi connectivity index (χ3n) is 7.47. The maximum atomic E-state index is 13.0. The second kappa shape index (κ2) is 8.65. The molecule has 0 aliphatic heterocycles. The Labute approximate surface area is 190 Å². The minimum atomic E-state index is -4.95. The first-order valence-electron chi connectivity index (χ1n) is 11.1. The van der Waals surface area contributed by atoms with Crippen molar-refractivity contribution in [2.24, 2.45) is 23.7 Å². The van der Waals surface area contributed by atoms with Gasteiger partial charge in [-0.2, -0.15) is 0 Å². The van der Waals surface area contributed by atoms with Crippen molar-refractivity contribution in [3.63, 3.8) is 0 Å². The van der Waals surface area contributed by atoms with E-state index in [2.05, 4.69) is 4.74 Å². The van der Waals surface area contributed by atoms with Gasteiger partial charge < -0.3 is 18.8 Å². The molecule has 184 valence electrons. The van der Waals surface area contributed by atoms with E-state index in [1.165, 1.54) is 6.42 Å². The number of esters is 1. The topological polar surface area (TPSA) is 102 Å². The number of alkyl halides is 3. The first-order chi connectivity index (χ1) is 15.4. The Bertz CT molecular complexity index is 1010. The maximum Gasteiger partial charge on any atom is 0.573 e. The summed E-state index contributed by atoms with van der Waals surface area (Å²) >= 11 is 0. The number of benzene rings is 1. The van der Waals surface area contributed by atoms with Gasteiger partial charge in [-0.1, -0.05) is 13.3 Å². The van der Waals surface area contributed by atoms with Crippen LogP contribution in [-0.2, 0) is 14.9 Å². The summed E-state index contributed by atoms with van der Waals surface area (Å²) in [5, 5.41) is 0. The number of fused-ring (bicyclic) bond motifs is 5. The fraction of sp³-hybridized carbons (Fsp3) is 0.682. The van der Waals surface area contributed by atoms with Crippen molar-refractivity contribution >= 4 is 16.1 Å². The molecule has 3 aliphatic rings. The molecule has 0 heterocycles. The van der Waals surface area contributed by atoms with Crippen LogP contribution in [0.4, 0.5) is 13.2 Å². The number of halogens is 3. The lowest BCUT2D eigenvalue weighted by atomic mass is 9.71. The van der Waals surface area contributed by atoms with Gasteiger partial charge >= 0.3 is 12.3 Å². The third kappa shape index (κ3) is 5.08. The van der Waals surface area contributed by atoms with Gasteiger partial charge in [-0.25, -0.2) is 13.2 Å². The van der Waals surface area contributed by atoms with Crippen molar-refractivity contribution in [2.45, 2.75) is 57.4 Å². The highest BCUT2D eigenvalue weighted by atomic mass is 32.2. The summed E-state index contributed by atoms with van der Waals surface area (Å²) in [4.78, 5) is 12.3. The predicted molar refractivity (Wildman–Crippen MR) is 109 cm³/mol. The first kappa shape index (κ1) is 24.1. The van der Waals surface area contributed by atoms with Gasteiger partial charge in [0.2, 0.25) is 0 Å². The molecule has 0 spiro atoms. The molecule has 4 rings (SSSR count). The SMILES string of the molecule is CCC1(Oc2cc(C(=O)OCCS(=O)(=O)[O-])ccc2OC(F)(F)F)CC2CC1C1CCCC21. The third-order valence-corrected chi connectivity index (χ3v) is 8.14. The molecule has 0 radical (unpaired) electrons. The fourth-order valence-electron chi connectivity index (χ4n) is 6.27. The van der Waals surface area contributed by atoms with E-state index in [1.807, 2.05) is 6.92 Å². The van der Waals surface area contributed by atoms with E-state index in [0.717, 1.165) is 43.9 Å². The van der Waals surface area contributed by atoms with Crippen LogP contribution in [0.25, 0.3) is 0 Å². The van der Waals surface area contributed by atoms with Crippen molar-refractivity contribution in [1.82, 2.24) is 0 Å². The number of carbonyl (C=O) groups is 1. The molecule has 7 nitrogen and oxygen atoms in total. The predicted octanol–water partition coefficient (Wildman–Crippen LogP) is 4.27. The van der Waals surface area contributed by atoms with E-state index in [1.54, 1.807) is 0 Å². The second-order valence-corrected chi connectivity index (χ2v) is 10.7. The fourth-order valence-corrected chi connectivity index (χ4v) is 6.56. The molecule has 11 heteroatoms. The van der Waals surface area contributed by atoms with E-state index >= 15 is 0 Å². The summed E-state index contributed by atoms with van der Waals surface area (Å²) in [5.41, 5.74) is -0.769. The average molecular weight is 492 g/mol. The van der Waals surface area contributed by atoms with E-state index in [-0.39, 0.29) is 17.2 Å². The monoisotopic (exact) mass is 491 g/mol. The molecule has 3 fully saturated rings. The van der Waals surface area contributed by atoms with Gasteiger partial charge in [0.05, 0.1) is 21.4 Å². The Morgan fingerprint density at radius 1 is 1.21 bits per heavy atom. The Morgan fingerprint density at radius 3 is 2.61 bits per heavy atom. The summed E-state index contributed by atoms with van der Waals surface area (Å²) in [5.74, 6) is -0.769. The largest absolute Gasteiger partial charge is 0.748 e. The summed E-state index contributed by atoms with van der Waals surface area (Å²) in [6.07, 6.45) is 0.838. The minimum absolute atomic E-state index is 0.129. The summed E-state index contributed by atoms with van der Waals surface area (Å²) in [6, 6.07) is 3.19. The van der Waals surface area contributed by atoms with Crippen LogP contribution in [0.5, 0.6) is 11.5 Å². The highest BCUT2D eigenvalue weighted by Gasteiger charge is 2.61. The Hall–Kier alpha value is -2.01.